The highest BCUT2D eigenvalue weighted by Gasteiger charge is 2.60. The first kappa shape index (κ1) is 27.6. The van der Waals surface area contributed by atoms with E-state index in [0.717, 1.165) is 0 Å². The van der Waals surface area contributed by atoms with Gasteiger partial charge in [-0.05, 0) is 53.5 Å². The zero-order valence-electron chi connectivity index (χ0n) is 23.6. The van der Waals surface area contributed by atoms with Crippen molar-refractivity contribution in [2.24, 2.45) is 0 Å². The van der Waals surface area contributed by atoms with E-state index in [0.29, 0.717) is 42.8 Å². The molecule has 4 saturated heterocycles. The molecular weight excluding hydrogens is 526 g/mol. The summed E-state index contributed by atoms with van der Waals surface area (Å²) < 4.78 is 56.5. The Bertz CT molecular complexity index is 1290. The number of likely N-dealkylation sites (tertiary alicyclic amines) is 2. The fourth-order valence-corrected chi connectivity index (χ4v) is 6.72. The van der Waals surface area contributed by atoms with Crippen LogP contribution in [0.4, 0.5) is 19.4 Å². The number of nitrogens with zero attached hydrogens (tertiary/aromatic N) is 5. The lowest BCUT2D eigenvalue weighted by Gasteiger charge is -2.45. The average Bonchev–Trinajstić information content (AvgIpc) is 3.54. The predicted octanol–water partition coefficient (Wildman–Crippen LogP) is 3.54. The molecule has 4 atom stereocenters. The molecule has 0 aliphatic carbocycles. The lowest BCUT2D eigenvalue weighted by atomic mass is 9.84. The molecule has 4 aliphatic heterocycles. The van der Waals surface area contributed by atoms with Gasteiger partial charge in [0.15, 0.2) is 12.0 Å². The Kier molecular flexibility index (Phi) is 6.34. The third-order valence-electron chi connectivity index (χ3n) is 8.37. The van der Waals surface area contributed by atoms with Gasteiger partial charge in [-0.15, -0.1) is 0 Å². The smallest absolute Gasteiger partial charge is 0.410 e. The second-order valence-corrected chi connectivity index (χ2v) is 13.0. The number of nitrogens with two attached hydrogens (primary N) is 1. The van der Waals surface area contributed by atoms with Crippen molar-refractivity contribution in [3.05, 3.63) is 18.6 Å². The number of aromatic nitrogens is 3. The van der Waals surface area contributed by atoms with Gasteiger partial charge in [0, 0.05) is 37.8 Å². The minimum Gasteiger partial charge on any atom is -0.444 e. The predicted molar refractivity (Wildman–Crippen MR) is 141 cm³/mol. The molecule has 2 N–H and O–H groups in total. The summed E-state index contributed by atoms with van der Waals surface area (Å²) in [5, 5.41) is 0.694. The van der Waals surface area contributed by atoms with Crippen LogP contribution < -0.4 is 5.73 Å². The number of nitrogen functional groups attached to an aromatic ring is 1. The fourth-order valence-electron chi connectivity index (χ4n) is 6.72. The van der Waals surface area contributed by atoms with Gasteiger partial charge >= 0.3 is 6.09 Å². The summed E-state index contributed by atoms with van der Waals surface area (Å²) in [7, 11) is 0. The molecule has 11 nitrogen and oxygen atoms in total. The van der Waals surface area contributed by atoms with Gasteiger partial charge in [-0.3, -0.25) is 4.90 Å². The molecule has 0 bridgehead atoms. The molecule has 0 saturated carbocycles. The van der Waals surface area contributed by atoms with Crippen LogP contribution >= 0.6 is 0 Å². The number of anilines is 1. The van der Waals surface area contributed by atoms with Gasteiger partial charge < -0.3 is 34.1 Å². The number of hydrogen-bond acceptors (Lipinski definition) is 9. The number of amides is 1. The van der Waals surface area contributed by atoms with Crippen LogP contribution in [0.3, 0.4) is 0 Å². The molecule has 2 aromatic rings. The largest absolute Gasteiger partial charge is 0.444 e. The zero-order chi connectivity index (χ0) is 28.7. The molecule has 4 fully saturated rings. The first-order chi connectivity index (χ1) is 18.7. The molecule has 1 amide bonds. The minimum absolute atomic E-state index is 0.245. The summed E-state index contributed by atoms with van der Waals surface area (Å²) in [5.74, 6) is -3.35. The zero-order valence-corrected chi connectivity index (χ0v) is 23.6. The third kappa shape index (κ3) is 4.90. The molecule has 220 valence electrons. The number of rotatable bonds is 3. The van der Waals surface area contributed by atoms with Crippen molar-refractivity contribution in [3.8, 4) is 0 Å². The van der Waals surface area contributed by atoms with E-state index in [4.69, 9.17) is 24.7 Å². The summed E-state index contributed by atoms with van der Waals surface area (Å²) >= 11 is 0. The summed E-state index contributed by atoms with van der Waals surface area (Å²) in [4.78, 5) is 24.6. The van der Waals surface area contributed by atoms with E-state index in [9.17, 15) is 4.79 Å². The Balaban J connectivity index is 1.23. The monoisotopic (exact) mass is 564 g/mol. The van der Waals surface area contributed by atoms with Crippen LogP contribution in [0.25, 0.3) is 11.0 Å². The van der Waals surface area contributed by atoms with Crippen LogP contribution in [-0.4, -0.2) is 97.8 Å². The molecule has 0 radical (unpaired) electrons. The third-order valence-corrected chi connectivity index (χ3v) is 8.37. The normalized spacial score (nSPS) is 31.2. The standard InChI is InChI=1S/C27H38F2N6O5/c1-24(2,3)40-23(36)33-10-7-26(8-11-33)13-27(28,29)14-34(26)12-17-18-19(39-25(4,5)38-18)22(37-17)35-9-6-16-20(30)31-15-32-21(16)35/h6,9,15,17-19,22H,7-8,10-14H2,1-5H3,(H2,30,31,32)/t17-,18-,19-,22-/m1/s1. The number of piperidine rings is 1. The van der Waals surface area contributed by atoms with Gasteiger partial charge in [-0.25, -0.2) is 23.5 Å². The lowest BCUT2D eigenvalue weighted by Crippen LogP contribution is -2.56. The molecule has 1 spiro atoms. The SMILES string of the molecule is CC(C)(C)OC(=O)N1CCC2(CC1)CC(F)(F)CN2C[C@H]1O[C@@H](n2ccc3c(N)ncnc32)[C@@H]2OC(C)(C)O[C@@H]21. The summed E-state index contributed by atoms with van der Waals surface area (Å²) in [6.45, 7) is 9.69. The Labute approximate surface area is 231 Å². The van der Waals surface area contributed by atoms with E-state index in [1.54, 1.807) is 4.90 Å². The van der Waals surface area contributed by atoms with E-state index in [1.807, 2.05) is 56.3 Å². The van der Waals surface area contributed by atoms with Crippen LogP contribution in [0.5, 0.6) is 0 Å². The van der Waals surface area contributed by atoms with Crippen LogP contribution in [0.1, 0.15) is 60.1 Å². The minimum atomic E-state index is -2.84. The summed E-state index contributed by atoms with van der Waals surface area (Å²) in [6, 6.07) is 1.83. The second-order valence-electron chi connectivity index (χ2n) is 13.0. The van der Waals surface area contributed by atoms with E-state index in [1.165, 1.54) is 6.33 Å². The topological polar surface area (TPSA) is 117 Å². The van der Waals surface area contributed by atoms with Gasteiger partial charge in [-0.2, -0.15) is 0 Å². The number of halogens is 2. The Morgan fingerprint density at radius 2 is 1.88 bits per heavy atom. The van der Waals surface area contributed by atoms with Crippen molar-refractivity contribution in [2.45, 2.75) is 101 Å². The van der Waals surface area contributed by atoms with Gasteiger partial charge in [0.2, 0.25) is 0 Å². The van der Waals surface area contributed by atoms with Gasteiger partial charge in [-0.1, -0.05) is 0 Å². The number of hydrogen-bond donors (Lipinski definition) is 1. The quantitative estimate of drug-likeness (QED) is 0.597. The van der Waals surface area contributed by atoms with Crippen LogP contribution in [0.2, 0.25) is 0 Å². The summed E-state index contributed by atoms with van der Waals surface area (Å²) in [5.41, 5.74) is 5.27. The number of carbonyl (C=O) groups excluding carboxylic acids is 1. The molecular formula is C27H38F2N6O5. The molecule has 4 aliphatic rings. The highest BCUT2D eigenvalue weighted by Crippen LogP contribution is 2.49. The maximum Gasteiger partial charge on any atom is 0.410 e. The molecule has 40 heavy (non-hydrogen) atoms. The fraction of sp³-hybridized carbons (Fsp3) is 0.741. The molecule has 6 rings (SSSR count). The number of alkyl halides is 2. The van der Waals surface area contributed by atoms with Crippen molar-refractivity contribution >= 4 is 22.9 Å². The molecule has 13 heteroatoms. The molecule has 6 heterocycles. The van der Waals surface area contributed by atoms with Crippen molar-refractivity contribution in [1.82, 2.24) is 24.3 Å². The molecule has 0 aromatic carbocycles. The van der Waals surface area contributed by atoms with Crippen LogP contribution in [0.15, 0.2) is 18.6 Å². The van der Waals surface area contributed by atoms with Crippen molar-refractivity contribution < 1.29 is 32.5 Å². The van der Waals surface area contributed by atoms with Gasteiger partial charge in [0.25, 0.3) is 5.92 Å². The van der Waals surface area contributed by atoms with Crippen molar-refractivity contribution in [1.29, 1.82) is 0 Å². The molecule has 2 aromatic heterocycles. The van der Waals surface area contributed by atoms with Crippen LogP contribution in [-0.2, 0) is 18.9 Å². The Morgan fingerprint density at radius 3 is 2.58 bits per heavy atom. The summed E-state index contributed by atoms with van der Waals surface area (Å²) in [6.07, 6.45) is 1.35. The van der Waals surface area contributed by atoms with Gasteiger partial charge in [0.05, 0.1) is 11.9 Å². The highest BCUT2D eigenvalue weighted by molar-refractivity contribution is 5.86. The molecule has 0 unspecified atom stereocenters. The van der Waals surface area contributed by atoms with E-state index < -0.39 is 53.5 Å². The van der Waals surface area contributed by atoms with Gasteiger partial charge in [0.1, 0.15) is 41.7 Å². The van der Waals surface area contributed by atoms with E-state index in [-0.39, 0.29) is 19.5 Å². The Morgan fingerprint density at radius 1 is 1.18 bits per heavy atom. The Hall–Kier alpha value is -2.61. The highest BCUT2D eigenvalue weighted by atomic mass is 19.3. The average molecular weight is 565 g/mol. The lowest BCUT2D eigenvalue weighted by molar-refractivity contribution is -0.199. The first-order valence-corrected chi connectivity index (χ1v) is 13.8. The first-order valence-electron chi connectivity index (χ1n) is 13.8. The van der Waals surface area contributed by atoms with Crippen LogP contribution in [0, 0.1) is 0 Å². The number of fused-ring (bicyclic) bond motifs is 2. The maximum atomic E-state index is 15.0. The number of ether oxygens (including phenoxy) is 4. The van der Waals surface area contributed by atoms with Crippen molar-refractivity contribution in [2.75, 3.05) is 31.9 Å². The second kappa shape index (κ2) is 9.20. The maximum absolute atomic E-state index is 15.0. The van der Waals surface area contributed by atoms with Crippen molar-refractivity contribution in [3.63, 3.8) is 0 Å². The van der Waals surface area contributed by atoms with E-state index >= 15 is 8.78 Å². The number of carbonyl (C=O) groups is 1. The van der Waals surface area contributed by atoms with E-state index in [2.05, 4.69) is 9.97 Å².